The first-order valence-corrected chi connectivity index (χ1v) is 8.03. The minimum absolute atomic E-state index is 0.505. The lowest BCUT2D eigenvalue weighted by Gasteiger charge is -2.27. The van der Waals surface area contributed by atoms with Crippen LogP contribution in [0.2, 0.25) is 0 Å². The van der Waals surface area contributed by atoms with Gasteiger partial charge < -0.3 is 10.2 Å². The molecular weight excluding hydrogens is 364 g/mol. The fourth-order valence-electron chi connectivity index (χ4n) is 2.26. The molecule has 2 heterocycles. The number of thioether (sulfide) groups is 1. The molecule has 0 aromatic heterocycles. The molecule has 0 saturated carbocycles. The van der Waals surface area contributed by atoms with Crippen LogP contribution in [0.1, 0.15) is 6.92 Å². The van der Waals surface area contributed by atoms with Crippen molar-refractivity contribution in [3.05, 3.63) is 32.7 Å². The van der Waals surface area contributed by atoms with Gasteiger partial charge in [0.25, 0.3) is 0 Å². The lowest BCUT2D eigenvalue weighted by Crippen LogP contribution is -2.30. The Morgan fingerprint density at radius 2 is 2.24 bits per heavy atom. The molecule has 2 aliphatic heterocycles. The fourth-order valence-corrected chi connectivity index (χ4v) is 4.64. The number of hydrogen-bond acceptors (Lipinski definition) is 3. The normalized spacial score (nSPS) is 26.2. The third kappa shape index (κ3) is 2.02. The van der Waals surface area contributed by atoms with Crippen molar-refractivity contribution < 1.29 is 0 Å². The molecule has 0 aliphatic carbocycles. The van der Waals surface area contributed by atoms with E-state index in [-0.39, 0.29) is 0 Å². The third-order valence-electron chi connectivity index (χ3n) is 3.11. The molecule has 1 aromatic rings. The highest BCUT2D eigenvalue weighted by atomic mass is 79.9. The third-order valence-corrected chi connectivity index (χ3v) is 5.45. The molecule has 1 aromatic carbocycles. The first kappa shape index (κ1) is 11.9. The highest BCUT2D eigenvalue weighted by Crippen LogP contribution is 2.45. The number of hydrogen-bond donors (Lipinski definition) is 1. The first-order chi connectivity index (χ1) is 8.16. The molecule has 1 N–H and O–H groups in total. The minimum Gasteiger partial charge on any atom is -0.382 e. The summed E-state index contributed by atoms with van der Waals surface area (Å²) in [6.45, 7) is 3.29. The smallest absolute Gasteiger partial charge is 0.0877 e. The molecule has 2 nitrogen and oxygen atoms in total. The van der Waals surface area contributed by atoms with Crippen LogP contribution in [0.4, 0.5) is 11.4 Å². The van der Waals surface area contributed by atoms with Crippen LogP contribution in [0.15, 0.2) is 32.7 Å². The maximum absolute atomic E-state index is 3.63. The summed E-state index contributed by atoms with van der Waals surface area (Å²) < 4.78 is 2.21. The average Bonchev–Trinajstić information content (AvgIpc) is 2.70. The number of nitrogens with one attached hydrogen (secondary N) is 1. The van der Waals surface area contributed by atoms with Crippen LogP contribution < -0.4 is 10.2 Å². The van der Waals surface area contributed by atoms with Crippen molar-refractivity contribution in [1.82, 2.24) is 0 Å². The highest BCUT2D eigenvalue weighted by Gasteiger charge is 2.32. The van der Waals surface area contributed by atoms with Crippen LogP contribution in [0.5, 0.6) is 0 Å². The Morgan fingerprint density at radius 3 is 3.06 bits per heavy atom. The van der Waals surface area contributed by atoms with Crippen LogP contribution in [-0.2, 0) is 0 Å². The predicted octanol–water partition coefficient (Wildman–Crippen LogP) is 4.62. The van der Waals surface area contributed by atoms with Gasteiger partial charge in [-0.05, 0) is 33.5 Å². The van der Waals surface area contributed by atoms with Gasteiger partial charge in [0, 0.05) is 27.6 Å². The molecule has 0 amide bonds. The van der Waals surface area contributed by atoms with E-state index in [9.17, 15) is 0 Å². The molecule has 2 aliphatic rings. The summed E-state index contributed by atoms with van der Waals surface area (Å²) in [4.78, 5) is 2.36. The summed E-state index contributed by atoms with van der Waals surface area (Å²) in [6, 6.07) is 4.26. The molecular formula is C12H12Br2N2S. The molecule has 5 heteroatoms. The van der Waals surface area contributed by atoms with Crippen LogP contribution in [-0.4, -0.2) is 11.9 Å². The van der Waals surface area contributed by atoms with E-state index in [0.29, 0.717) is 11.3 Å². The summed E-state index contributed by atoms with van der Waals surface area (Å²) in [5.41, 5.74) is 2.43. The number of fused-ring (bicyclic) bond motifs is 3. The Balaban J connectivity index is 2.15. The molecule has 2 unspecified atom stereocenters. The Labute approximate surface area is 122 Å². The summed E-state index contributed by atoms with van der Waals surface area (Å²) in [6.07, 6.45) is 2.18. The van der Waals surface area contributed by atoms with Gasteiger partial charge in [0.15, 0.2) is 0 Å². The van der Waals surface area contributed by atoms with E-state index in [0.717, 1.165) is 15.5 Å². The van der Waals surface area contributed by atoms with E-state index >= 15 is 0 Å². The topological polar surface area (TPSA) is 15.3 Å². The molecule has 0 radical (unpaired) electrons. The van der Waals surface area contributed by atoms with Crippen molar-refractivity contribution in [2.45, 2.75) is 12.3 Å². The van der Waals surface area contributed by atoms with E-state index in [1.807, 2.05) is 11.8 Å². The second-order valence-corrected chi connectivity index (χ2v) is 7.16. The van der Waals surface area contributed by atoms with Crippen molar-refractivity contribution in [2.75, 3.05) is 16.8 Å². The van der Waals surface area contributed by atoms with E-state index < -0.39 is 0 Å². The number of benzene rings is 1. The lowest BCUT2D eigenvalue weighted by molar-refractivity contribution is 0.595. The van der Waals surface area contributed by atoms with Crippen molar-refractivity contribution in [3.8, 4) is 0 Å². The molecule has 0 saturated heterocycles. The van der Waals surface area contributed by atoms with Gasteiger partial charge in [-0.25, -0.2) is 0 Å². The van der Waals surface area contributed by atoms with Crippen LogP contribution in [0.25, 0.3) is 0 Å². The van der Waals surface area contributed by atoms with Crippen LogP contribution >= 0.6 is 43.6 Å². The van der Waals surface area contributed by atoms with Gasteiger partial charge in [0.05, 0.1) is 16.7 Å². The molecule has 0 bridgehead atoms. The molecule has 3 rings (SSSR count). The second kappa shape index (κ2) is 4.52. The van der Waals surface area contributed by atoms with E-state index in [1.54, 1.807) is 0 Å². The molecule has 17 heavy (non-hydrogen) atoms. The van der Waals surface area contributed by atoms with Crippen LogP contribution in [0.3, 0.4) is 0 Å². The SMILES string of the molecule is CC1CNc2c(Br)cc(Br)cc2N2C=CSC12. The van der Waals surface area contributed by atoms with Gasteiger partial charge >= 0.3 is 0 Å². The Bertz CT molecular complexity index is 490. The van der Waals surface area contributed by atoms with Crippen molar-refractivity contribution >= 4 is 55.0 Å². The van der Waals surface area contributed by atoms with Crippen molar-refractivity contribution in [1.29, 1.82) is 0 Å². The Morgan fingerprint density at radius 1 is 1.41 bits per heavy atom. The second-order valence-electron chi connectivity index (χ2n) is 4.36. The zero-order chi connectivity index (χ0) is 12.0. The van der Waals surface area contributed by atoms with Gasteiger partial charge in [-0.15, -0.1) is 11.8 Å². The minimum atomic E-state index is 0.505. The predicted molar refractivity (Wildman–Crippen MR) is 82.5 cm³/mol. The number of anilines is 2. The largest absolute Gasteiger partial charge is 0.382 e. The van der Waals surface area contributed by atoms with E-state index in [1.165, 1.54) is 11.4 Å². The fraction of sp³-hybridized carbons (Fsp3) is 0.333. The number of halogens is 2. The average molecular weight is 376 g/mol. The van der Waals surface area contributed by atoms with E-state index in [2.05, 4.69) is 72.7 Å². The molecule has 2 atom stereocenters. The van der Waals surface area contributed by atoms with Gasteiger partial charge in [0.2, 0.25) is 0 Å². The summed E-state index contributed by atoms with van der Waals surface area (Å²) in [5.74, 6) is 0.605. The standard InChI is InChI=1S/C12H12Br2N2S/c1-7-6-15-11-9(14)4-8(13)5-10(11)16-2-3-17-12(7)16/h2-5,7,12,15H,6H2,1H3. The van der Waals surface area contributed by atoms with Gasteiger partial charge in [-0.1, -0.05) is 22.9 Å². The summed E-state index contributed by atoms with van der Waals surface area (Å²) in [7, 11) is 0. The zero-order valence-electron chi connectivity index (χ0n) is 9.28. The monoisotopic (exact) mass is 374 g/mol. The van der Waals surface area contributed by atoms with Gasteiger partial charge in [0.1, 0.15) is 0 Å². The molecule has 90 valence electrons. The lowest BCUT2D eigenvalue weighted by atomic mass is 10.1. The maximum atomic E-state index is 3.63. The number of nitrogens with zero attached hydrogens (tertiary/aromatic N) is 1. The quantitative estimate of drug-likeness (QED) is 0.711. The van der Waals surface area contributed by atoms with Crippen molar-refractivity contribution in [2.24, 2.45) is 5.92 Å². The number of rotatable bonds is 0. The summed E-state index contributed by atoms with van der Waals surface area (Å²) in [5, 5.41) is 6.23. The first-order valence-electron chi connectivity index (χ1n) is 5.50. The van der Waals surface area contributed by atoms with Gasteiger partial charge in [-0.2, -0.15) is 0 Å². The van der Waals surface area contributed by atoms with Crippen LogP contribution in [0, 0.1) is 5.92 Å². The summed E-state index contributed by atoms with van der Waals surface area (Å²) >= 11 is 9.10. The molecule has 0 spiro atoms. The van der Waals surface area contributed by atoms with Crippen molar-refractivity contribution in [3.63, 3.8) is 0 Å². The van der Waals surface area contributed by atoms with E-state index in [4.69, 9.17) is 0 Å². The molecule has 0 fully saturated rings. The Hall–Kier alpha value is -0.130. The Kier molecular flexibility index (Phi) is 3.17. The highest BCUT2D eigenvalue weighted by molar-refractivity contribution is 9.11. The maximum Gasteiger partial charge on any atom is 0.0877 e. The van der Waals surface area contributed by atoms with Gasteiger partial charge in [-0.3, -0.25) is 0 Å². The zero-order valence-corrected chi connectivity index (χ0v) is 13.3.